The number of methoxy groups -OCH3 is 1. The van der Waals surface area contributed by atoms with E-state index < -0.39 is 0 Å². The Morgan fingerprint density at radius 3 is 2.52 bits per heavy atom. The number of para-hydroxylation sites is 1. The van der Waals surface area contributed by atoms with E-state index in [9.17, 15) is 4.79 Å². The zero-order valence-corrected chi connectivity index (χ0v) is 14.6. The van der Waals surface area contributed by atoms with E-state index in [-0.39, 0.29) is 5.97 Å². The lowest BCUT2D eigenvalue weighted by atomic mass is 10.2. The van der Waals surface area contributed by atoms with Gasteiger partial charge in [0.05, 0.1) is 18.2 Å². The van der Waals surface area contributed by atoms with Crippen molar-refractivity contribution < 1.29 is 9.53 Å². The van der Waals surface area contributed by atoms with E-state index in [0.717, 1.165) is 22.2 Å². The maximum atomic E-state index is 11.6. The lowest BCUT2D eigenvalue weighted by molar-refractivity contribution is 0.0601. The van der Waals surface area contributed by atoms with Gasteiger partial charge in [-0.2, -0.15) is 0 Å². The summed E-state index contributed by atoms with van der Waals surface area (Å²) in [5, 5.41) is 4.22. The number of benzene rings is 2. The molecule has 0 fully saturated rings. The van der Waals surface area contributed by atoms with Crippen molar-refractivity contribution in [3.05, 3.63) is 78.6 Å². The van der Waals surface area contributed by atoms with Crippen LogP contribution in [0.5, 0.6) is 0 Å². The monoisotopic (exact) mass is 356 g/mol. The van der Waals surface area contributed by atoms with E-state index >= 15 is 0 Å². The van der Waals surface area contributed by atoms with Gasteiger partial charge in [-0.3, -0.25) is 4.98 Å². The number of rotatable bonds is 4. The zero-order chi connectivity index (χ0) is 18.6. The van der Waals surface area contributed by atoms with Crippen molar-refractivity contribution in [2.75, 3.05) is 12.4 Å². The molecule has 0 aliphatic carbocycles. The summed E-state index contributed by atoms with van der Waals surface area (Å²) in [5.41, 5.74) is 2.97. The predicted molar refractivity (Wildman–Crippen MR) is 104 cm³/mol. The van der Waals surface area contributed by atoms with Crippen LogP contribution in [0.1, 0.15) is 10.4 Å². The molecule has 0 atom stereocenters. The second-order valence-corrected chi connectivity index (χ2v) is 5.85. The number of aromatic nitrogens is 3. The first-order valence-corrected chi connectivity index (χ1v) is 8.37. The fourth-order valence-electron chi connectivity index (χ4n) is 2.74. The van der Waals surface area contributed by atoms with E-state index in [4.69, 9.17) is 4.74 Å². The highest BCUT2D eigenvalue weighted by molar-refractivity contribution is 5.93. The van der Waals surface area contributed by atoms with Gasteiger partial charge in [0.2, 0.25) is 0 Å². The summed E-state index contributed by atoms with van der Waals surface area (Å²) in [6.45, 7) is 0. The van der Waals surface area contributed by atoms with E-state index in [1.807, 2.05) is 48.5 Å². The van der Waals surface area contributed by atoms with Crippen LogP contribution >= 0.6 is 0 Å². The third-order valence-electron chi connectivity index (χ3n) is 4.09. The van der Waals surface area contributed by atoms with Crippen molar-refractivity contribution in [3.8, 4) is 11.4 Å². The molecule has 2 aromatic carbocycles. The molecule has 0 saturated carbocycles. The van der Waals surface area contributed by atoms with Gasteiger partial charge in [-0.05, 0) is 48.5 Å². The maximum Gasteiger partial charge on any atom is 0.337 e. The number of nitrogens with zero attached hydrogens (tertiary/aromatic N) is 3. The Kier molecular flexibility index (Phi) is 4.45. The molecule has 6 nitrogen and oxygen atoms in total. The van der Waals surface area contributed by atoms with E-state index in [2.05, 4.69) is 20.3 Å². The average molecular weight is 356 g/mol. The second kappa shape index (κ2) is 7.21. The summed E-state index contributed by atoms with van der Waals surface area (Å²) in [5.74, 6) is 0.911. The SMILES string of the molecule is COC(=O)c1ccc(Nc2nc(-c3cccnc3)nc3ccccc23)cc1. The molecule has 2 heterocycles. The third kappa shape index (κ3) is 3.46. The Balaban J connectivity index is 1.75. The number of carbonyl (C=O) groups is 1. The molecule has 0 aliphatic rings. The highest BCUT2D eigenvalue weighted by atomic mass is 16.5. The number of hydrogen-bond acceptors (Lipinski definition) is 6. The van der Waals surface area contributed by atoms with Crippen molar-refractivity contribution >= 4 is 28.4 Å². The molecule has 0 unspecified atom stereocenters. The molecule has 0 aliphatic heterocycles. The fraction of sp³-hybridized carbons (Fsp3) is 0.0476. The van der Waals surface area contributed by atoms with Crippen molar-refractivity contribution in [1.29, 1.82) is 0 Å². The molecule has 132 valence electrons. The molecule has 1 N–H and O–H groups in total. The molecular formula is C21H16N4O2. The van der Waals surface area contributed by atoms with Crippen LogP contribution in [0.25, 0.3) is 22.3 Å². The van der Waals surface area contributed by atoms with Crippen molar-refractivity contribution in [3.63, 3.8) is 0 Å². The van der Waals surface area contributed by atoms with Gasteiger partial charge in [0.1, 0.15) is 5.82 Å². The summed E-state index contributed by atoms with van der Waals surface area (Å²) in [7, 11) is 1.36. The number of nitrogens with one attached hydrogen (secondary N) is 1. The summed E-state index contributed by atoms with van der Waals surface area (Å²) >= 11 is 0. The van der Waals surface area contributed by atoms with Crippen molar-refractivity contribution in [2.45, 2.75) is 0 Å². The minimum Gasteiger partial charge on any atom is -0.465 e. The Morgan fingerprint density at radius 2 is 1.78 bits per heavy atom. The first-order chi connectivity index (χ1) is 13.2. The zero-order valence-electron chi connectivity index (χ0n) is 14.6. The van der Waals surface area contributed by atoms with Gasteiger partial charge in [0, 0.05) is 29.0 Å². The van der Waals surface area contributed by atoms with E-state index in [1.165, 1.54) is 7.11 Å². The van der Waals surface area contributed by atoms with Gasteiger partial charge < -0.3 is 10.1 Å². The van der Waals surface area contributed by atoms with Crippen LogP contribution in [-0.4, -0.2) is 28.0 Å². The van der Waals surface area contributed by atoms with Crippen LogP contribution in [0, 0.1) is 0 Å². The Bertz CT molecular complexity index is 1100. The number of fused-ring (bicyclic) bond motifs is 1. The third-order valence-corrected chi connectivity index (χ3v) is 4.09. The lowest BCUT2D eigenvalue weighted by Gasteiger charge is -2.11. The van der Waals surface area contributed by atoms with Crippen LogP contribution < -0.4 is 5.32 Å². The van der Waals surface area contributed by atoms with Crippen LogP contribution in [0.3, 0.4) is 0 Å². The van der Waals surface area contributed by atoms with Crippen LogP contribution in [0.15, 0.2) is 73.1 Å². The number of hydrogen-bond donors (Lipinski definition) is 1. The molecule has 0 radical (unpaired) electrons. The van der Waals surface area contributed by atoms with Gasteiger partial charge >= 0.3 is 5.97 Å². The number of carbonyl (C=O) groups excluding carboxylic acids is 1. The van der Waals surface area contributed by atoms with E-state index in [1.54, 1.807) is 24.5 Å². The molecule has 4 rings (SSSR count). The van der Waals surface area contributed by atoms with Gasteiger partial charge in [0.15, 0.2) is 5.82 Å². The maximum absolute atomic E-state index is 11.6. The smallest absolute Gasteiger partial charge is 0.337 e. The van der Waals surface area contributed by atoms with Gasteiger partial charge in [-0.15, -0.1) is 0 Å². The summed E-state index contributed by atoms with van der Waals surface area (Å²) in [6.07, 6.45) is 3.45. The first kappa shape index (κ1) is 16.7. The molecule has 27 heavy (non-hydrogen) atoms. The molecule has 4 aromatic rings. The second-order valence-electron chi connectivity index (χ2n) is 5.85. The predicted octanol–water partition coefficient (Wildman–Crippen LogP) is 4.22. The summed E-state index contributed by atoms with van der Waals surface area (Å²) in [4.78, 5) is 25.1. The van der Waals surface area contributed by atoms with Gasteiger partial charge in [-0.1, -0.05) is 12.1 Å². The molecule has 0 spiro atoms. The van der Waals surface area contributed by atoms with Gasteiger partial charge in [-0.25, -0.2) is 14.8 Å². The van der Waals surface area contributed by atoms with Crippen LogP contribution in [0.4, 0.5) is 11.5 Å². The molecule has 0 amide bonds. The fourth-order valence-corrected chi connectivity index (χ4v) is 2.74. The first-order valence-electron chi connectivity index (χ1n) is 8.37. The lowest BCUT2D eigenvalue weighted by Crippen LogP contribution is -2.02. The topological polar surface area (TPSA) is 77.0 Å². The standard InChI is InChI=1S/C21H16N4O2/c1-27-21(26)14-8-10-16(11-9-14)23-20-17-6-2-3-7-18(17)24-19(25-20)15-5-4-12-22-13-15/h2-13H,1H3,(H,23,24,25). The Hall–Kier alpha value is -3.80. The number of pyridine rings is 1. The van der Waals surface area contributed by atoms with Crippen molar-refractivity contribution in [1.82, 2.24) is 15.0 Å². The van der Waals surface area contributed by atoms with Crippen LogP contribution in [0.2, 0.25) is 0 Å². The normalized spacial score (nSPS) is 10.6. The molecule has 0 saturated heterocycles. The number of esters is 1. The van der Waals surface area contributed by atoms with E-state index in [0.29, 0.717) is 17.2 Å². The van der Waals surface area contributed by atoms with Gasteiger partial charge in [0.25, 0.3) is 0 Å². The highest BCUT2D eigenvalue weighted by Gasteiger charge is 2.10. The summed E-state index contributed by atoms with van der Waals surface area (Å²) < 4.78 is 4.73. The molecule has 2 aromatic heterocycles. The number of ether oxygens (including phenoxy) is 1. The highest BCUT2D eigenvalue weighted by Crippen LogP contribution is 2.27. The molecule has 0 bridgehead atoms. The Morgan fingerprint density at radius 1 is 0.963 bits per heavy atom. The minimum absolute atomic E-state index is 0.368. The Labute approximate surface area is 155 Å². The largest absolute Gasteiger partial charge is 0.465 e. The minimum atomic E-state index is -0.368. The van der Waals surface area contributed by atoms with Crippen LogP contribution in [-0.2, 0) is 4.74 Å². The van der Waals surface area contributed by atoms with Crippen molar-refractivity contribution in [2.24, 2.45) is 0 Å². The average Bonchev–Trinajstić information content (AvgIpc) is 2.74. The quantitative estimate of drug-likeness (QED) is 0.552. The number of anilines is 2. The summed E-state index contributed by atoms with van der Waals surface area (Å²) in [6, 6.07) is 18.6. The molecular weight excluding hydrogens is 340 g/mol. The molecule has 6 heteroatoms.